The van der Waals surface area contributed by atoms with E-state index in [1.807, 2.05) is 33.8 Å². The van der Waals surface area contributed by atoms with Gasteiger partial charge < -0.3 is 19.5 Å². The summed E-state index contributed by atoms with van der Waals surface area (Å²) in [6, 6.07) is 6.24. The normalized spacial score (nSPS) is 24.3. The maximum absolute atomic E-state index is 12.1. The van der Waals surface area contributed by atoms with Crippen molar-refractivity contribution in [3.8, 4) is 23.8 Å². The first-order chi connectivity index (χ1) is 14.7. The summed E-state index contributed by atoms with van der Waals surface area (Å²) < 4.78 is 17.5. The Bertz CT molecular complexity index is 791. The molecule has 2 fully saturated rings. The van der Waals surface area contributed by atoms with Gasteiger partial charge in [0.1, 0.15) is 5.60 Å². The van der Waals surface area contributed by atoms with Crippen LogP contribution in [0.2, 0.25) is 0 Å². The standard InChI is InChI=1S/C26H37NO4/c1-6-26(16-14-20(15-17-26)27-24(28)31-25(3,4)5)19-12-13-22(29-7-2)23(18-19)30-21-10-8-9-11-21/h1,12-13,18,20-21H,7-11,14-17H2,2-5H3,(H,27,28)/t20-,26-. The Balaban J connectivity index is 1.71. The molecular formula is C26H37NO4. The first-order valence-electron chi connectivity index (χ1n) is 11.7. The number of hydrogen-bond acceptors (Lipinski definition) is 4. The van der Waals surface area contributed by atoms with Gasteiger partial charge in [0.05, 0.1) is 18.1 Å². The van der Waals surface area contributed by atoms with E-state index in [1.54, 1.807) is 0 Å². The van der Waals surface area contributed by atoms with E-state index in [1.165, 1.54) is 12.8 Å². The number of hydrogen-bond donors (Lipinski definition) is 1. The van der Waals surface area contributed by atoms with Crippen LogP contribution in [0.25, 0.3) is 0 Å². The van der Waals surface area contributed by atoms with Gasteiger partial charge >= 0.3 is 6.09 Å². The number of terminal acetylenes is 1. The molecule has 2 aliphatic carbocycles. The Labute approximate surface area is 187 Å². The Morgan fingerprint density at radius 2 is 1.84 bits per heavy atom. The Hall–Kier alpha value is -2.35. The number of ether oxygens (including phenoxy) is 3. The minimum absolute atomic E-state index is 0.0771. The highest BCUT2D eigenvalue weighted by Gasteiger charge is 2.37. The predicted octanol–water partition coefficient (Wildman–Crippen LogP) is 5.75. The van der Waals surface area contributed by atoms with Gasteiger partial charge in [0.2, 0.25) is 0 Å². The third-order valence-electron chi connectivity index (χ3n) is 6.23. The van der Waals surface area contributed by atoms with E-state index in [4.69, 9.17) is 20.6 Å². The summed E-state index contributed by atoms with van der Waals surface area (Å²) in [5, 5.41) is 3.00. The SMILES string of the molecule is C#C[C@]1(c2ccc(OCC)c(OC3CCCC3)c2)CC[C@H](NC(=O)OC(C)(C)C)CC1. The third kappa shape index (κ3) is 6.09. The first-order valence-corrected chi connectivity index (χ1v) is 11.7. The number of rotatable bonds is 6. The van der Waals surface area contributed by atoms with E-state index in [2.05, 4.69) is 23.4 Å². The highest BCUT2D eigenvalue weighted by atomic mass is 16.6. The Morgan fingerprint density at radius 3 is 2.42 bits per heavy atom. The second kappa shape index (κ2) is 9.85. The molecule has 0 aromatic heterocycles. The topological polar surface area (TPSA) is 56.8 Å². The molecule has 2 saturated carbocycles. The highest BCUT2D eigenvalue weighted by molar-refractivity contribution is 5.68. The molecule has 0 radical (unpaired) electrons. The van der Waals surface area contributed by atoms with Crippen molar-refractivity contribution in [3.05, 3.63) is 23.8 Å². The van der Waals surface area contributed by atoms with Gasteiger partial charge in [-0.05, 0) is 96.8 Å². The van der Waals surface area contributed by atoms with Gasteiger partial charge in [-0.2, -0.15) is 0 Å². The third-order valence-corrected chi connectivity index (χ3v) is 6.23. The van der Waals surface area contributed by atoms with Gasteiger partial charge in [-0.1, -0.05) is 12.0 Å². The molecular weight excluding hydrogens is 390 g/mol. The van der Waals surface area contributed by atoms with Crippen molar-refractivity contribution in [2.75, 3.05) is 6.61 Å². The summed E-state index contributed by atoms with van der Waals surface area (Å²) in [4.78, 5) is 12.1. The Kier molecular flexibility index (Phi) is 7.41. The lowest BCUT2D eigenvalue weighted by Gasteiger charge is -2.37. The molecule has 0 aliphatic heterocycles. The minimum atomic E-state index is -0.501. The lowest BCUT2D eigenvalue weighted by atomic mass is 9.69. The second-order valence-electron chi connectivity index (χ2n) is 9.77. The molecule has 1 amide bonds. The Morgan fingerprint density at radius 1 is 1.16 bits per heavy atom. The predicted molar refractivity (Wildman–Crippen MR) is 123 cm³/mol. The summed E-state index contributed by atoms with van der Waals surface area (Å²) in [6.07, 6.45) is 13.8. The number of amides is 1. The highest BCUT2D eigenvalue weighted by Crippen LogP contribution is 2.43. The zero-order valence-electron chi connectivity index (χ0n) is 19.5. The maximum atomic E-state index is 12.1. The summed E-state index contributed by atoms with van der Waals surface area (Å²) >= 11 is 0. The number of alkyl carbamates (subject to hydrolysis) is 1. The minimum Gasteiger partial charge on any atom is -0.490 e. The average molecular weight is 428 g/mol. The first kappa shape index (κ1) is 23.3. The van der Waals surface area contributed by atoms with Crippen LogP contribution in [-0.4, -0.2) is 30.4 Å². The van der Waals surface area contributed by atoms with Gasteiger partial charge in [-0.25, -0.2) is 4.79 Å². The van der Waals surface area contributed by atoms with Crippen molar-refractivity contribution < 1.29 is 19.0 Å². The van der Waals surface area contributed by atoms with Crippen LogP contribution in [0, 0.1) is 12.3 Å². The average Bonchev–Trinajstić information content (AvgIpc) is 3.22. The molecule has 3 rings (SSSR count). The largest absolute Gasteiger partial charge is 0.490 e. The van der Waals surface area contributed by atoms with Crippen molar-refractivity contribution in [2.45, 2.75) is 102 Å². The van der Waals surface area contributed by atoms with Crippen LogP contribution in [-0.2, 0) is 10.2 Å². The number of benzene rings is 1. The maximum Gasteiger partial charge on any atom is 0.407 e. The van der Waals surface area contributed by atoms with Crippen LogP contribution in [0.15, 0.2) is 18.2 Å². The zero-order chi connectivity index (χ0) is 22.5. The fourth-order valence-corrected chi connectivity index (χ4v) is 4.60. The smallest absolute Gasteiger partial charge is 0.407 e. The van der Waals surface area contributed by atoms with Crippen LogP contribution in [0.1, 0.15) is 84.6 Å². The summed E-state index contributed by atoms with van der Waals surface area (Å²) in [5.74, 6) is 4.66. The molecule has 0 heterocycles. The van der Waals surface area contributed by atoms with Crippen molar-refractivity contribution in [2.24, 2.45) is 0 Å². The van der Waals surface area contributed by atoms with E-state index in [-0.39, 0.29) is 23.7 Å². The molecule has 0 spiro atoms. The van der Waals surface area contributed by atoms with Gasteiger partial charge in [0.25, 0.3) is 0 Å². The molecule has 5 heteroatoms. The molecule has 0 saturated heterocycles. The summed E-state index contributed by atoms with van der Waals surface area (Å²) in [7, 11) is 0. The fourth-order valence-electron chi connectivity index (χ4n) is 4.60. The quantitative estimate of drug-likeness (QED) is 0.588. The van der Waals surface area contributed by atoms with Crippen molar-refractivity contribution in [1.29, 1.82) is 0 Å². The van der Waals surface area contributed by atoms with E-state index in [0.717, 1.165) is 55.6 Å². The zero-order valence-corrected chi connectivity index (χ0v) is 19.5. The lowest BCUT2D eigenvalue weighted by Crippen LogP contribution is -2.43. The van der Waals surface area contributed by atoms with Crippen molar-refractivity contribution in [1.82, 2.24) is 5.32 Å². The molecule has 5 nitrogen and oxygen atoms in total. The fraction of sp³-hybridized carbons (Fsp3) is 0.654. The molecule has 2 aliphatic rings. The number of carbonyl (C=O) groups excluding carboxylic acids is 1. The number of carbonyl (C=O) groups is 1. The monoisotopic (exact) mass is 427 g/mol. The summed E-state index contributed by atoms with van der Waals surface area (Å²) in [6.45, 7) is 8.18. The van der Waals surface area contributed by atoms with Gasteiger partial charge in [0, 0.05) is 6.04 Å². The molecule has 31 heavy (non-hydrogen) atoms. The second-order valence-corrected chi connectivity index (χ2v) is 9.77. The molecule has 1 aromatic carbocycles. The van der Waals surface area contributed by atoms with Crippen LogP contribution in [0.5, 0.6) is 11.5 Å². The number of nitrogens with one attached hydrogen (secondary N) is 1. The van der Waals surface area contributed by atoms with Gasteiger partial charge in [0.15, 0.2) is 11.5 Å². The van der Waals surface area contributed by atoms with Crippen LogP contribution in [0.4, 0.5) is 4.79 Å². The van der Waals surface area contributed by atoms with Gasteiger partial charge in [-0.3, -0.25) is 0 Å². The van der Waals surface area contributed by atoms with Crippen molar-refractivity contribution >= 4 is 6.09 Å². The van der Waals surface area contributed by atoms with Crippen LogP contribution < -0.4 is 14.8 Å². The van der Waals surface area contributed by atoms with E-state index in [9.17, 15) is 4.79 Å². The lowest BCUT2D eigenvalue weighted by molar-refractivity contribution is 0.0487. The molecule has 0 unspecified atom stereocenters. The molecule has 0 bridgehead atoms. The molecule has 0 atom stereocenters. The van der Waals surface area contributed by atoms with Crippen molar-refractivity contribution in [3.63, 3.8) is 0 Å². The van der Waals surface area contributed by atoms with Gasteiger partial charge in [-0.15, -0.1) is 6.42 Å². The van der Waals surface area contributed by atoms with E-state index < -0.39 is 5.60 Å². The van der Waals surface area contributed by atoms with E-state index in [0.29, 0.717) is 6.61 Å². The summed E-state index contributed by atoms with van der Waals surface area (Å²) in [5.41, 5.74) is 0.242. The molecule has 1 aromatic rings. The molecule has 170 valence electrons. The van der Waals surface area contributed by atoms with Crippen LogP contribution >= 0.6 is 0 Å². The molecule has 1 N–H and O–H groups in total. The van der Waals surface area contributed by atoms with Crippen LogP contribution in [0.3, 0.4) is 0 Å². The van der Waals surface area contributed by atoms with E-state index >= 15 is 0 Å².